The Morgan fingerprint density at radius 1 is 1.19 bits per heavy atom. The van der Waals surface area contributed by atoms with Crippen molar-refractivity contribution < 1.29 is 4.79 Å². The van der Waals surface area contributed by atoms with Crippen LogP contribution in [0.15, 0.2) is 54.4 Å². The molecule has 1 aromatic heterocycles. The summed E-state index contributed by atoms with van der Waals surface area (Å²) in [5.41, 5.74) is 1.84. The van der Waals surface area contributed by atoms with Crippen LogP contribution < -0.4 is 4.90 Å². The zero-order valence-corrected chi connectivity index (χ0v) is 15.8. The smallest absolute Gasteiger partial charge is 0.320 e. The summed E-state index contributed by atoms with van der Waals surface area (Å²) in [5.74, 6) is 0.751. The Morgan fingerprint density at radius 2 is 2.04 bits per heavy atom. The summed E-state index contributed by atoms with van der Waals surface area (Å²) < 4.78 is 1.84. The number of urea groups is 1. The molecule has 4 rings (SSSR count). The van der Waals surface area contributed by atoms with Gasteiger partial charge in [0.25, 0.3) is 0 Å². The topological polar surface area (TPSA) is 41.4 Å². The van der Waals surface area contributed by atoms with Crippen molar-refractivity contribution in [2.24, 2.45) is 0 Å². The van der Waals surface area contributed by atoms with E-state index in [4.69, 9.17) is 23.2 Å². The number of halogens is 2. The maximum absolute atomic E-state index is 13.1. The summed E-state index contributed by atoms with van der Waals surface area (Å²) >= 11 is 12.2. The molecule has 0 saturated carbocycles. The number of hydrogen-bond acceptors (Lipinski definition) is 2. The van der Waals surface area contributed by atoms with Gasteiger partial charge in [0.1, 0.15) is 5.82 Å². The summed E-state index contributed by atoms with van der Waals surface area (Å²) in [7, 11) is 0. The lowest BCUT2D eigenvalue weighted by Gasteiger charge is -2.36. The third kappa shape index (κ3) is 2.91. The highest BCUT2D eigenvalue weighted by atomic mass is 35.5. The average molecular weight is 389 g/mol. The molecule has 0 spiro atoms. The van der Waals surface area contributed by atoms with E-state index in [1.807, 2.05) is 46.9 Å². The first-order valence-corrected chi connectivity index (χ1v) is 9.23. The highest BCUT2D eigenvalue weighted by Gasteiger charge is 2.32. The van der Waals surface area contributed by atoms with Crippen LogP contribution in [0, 0.1) is 0 Å². The van der Waals surface area contributed by atoms with E-state index in [1.54, 1.807) is 17.2 Å². The Kier molecular flexibility index (Phi) is 4.51. The summed E-state index contributed by atoms with van der Waals surface area (Å²) in [5, 5.41) is 5.47. The van der Waals surface area contributed by atoms with Gasteiger partial charge < -0.3 is 4.90 Å². The van der Waals surface area contributed by atoms with Crippen molar-refractivity contribution in [2.75, 3.05) is 18.0 Å². The average Bonchev–Trinajstić information content (AvgIpc) is 3.13. The number of carbonyl (C=O) groups excluding carboxylic acids is 1. The number of anilines is 1. The van der Waals surface area contributed by atoms with E-state index in [0.717, 1.165) is 30.0 Å². The number of hydrogen-bond donors (Lipinski definition) is 0. The molecule has 26 heavy (non-hydrogen) atoms. The number of nitrogens with zero attached hydrogens (tertiary/aromatic N) is 4. The van der Waals surface area contributed by atoms with Gasteiger partial charge in [0.2, 0.25) is 0 Å². The number of amides is 2. The lowest BCUT2D eigenvalue weighted by Crippen LogP contribution is -2.46. The third-order valence-electron chi connectivity index (χ3n) is 4.70. The second-order valence-electron chi connectivity index (χ2n) is 6.38. The number of benzene rings is 1. The standard InChI is InChI=1S/C19H18Cl2N4O/c1-13-11-17(14-5-6-15(20)16(21)12-14)25-18(7-8-22-25)24(13)19(26)23-9-3-2-4-10-23/h2-3,5-8,11-12,17H,4,9-10H2,1H3. The van der Waals surface area contributed by atoms with Gasteiger partial charge >= 0.3 is 6.03 Å². The van der Waals surface area contributed by atoms with Gasteiger partial charge in [0.15, 0.2) is 0 Å². The molecule has 2 amide bonds. The molecule has 0 radical (unpaired) electrons. The Morgan fingerprint density at radius 3 is 2.77 bits per heavy atom. The number of allylic oxidation sites excluding steroid dienone is 2. The lowest BCUT2D eigenvalue weighted by atomic mass is 10.0. The molecule has 2 aliphatic heterocycles. The number of aromatic nitrogens is 2. The van der Waals surface area contributed by atoms with E-state index in [9.17, 15) is 4.79 Å². The number of carbonyl (C=O) groups is 1. The number of rotatable bonds is 1. The van der Waals surface area contributed by atoms with Crippen LogP contribution in [0.25, 0.3) is 0 Å². The van der Waals surface area contributed by atoms with Crippen molar-refractivity contribution in [3.05, 3.63) is 70.0 Å². The van der Waals surface area contributed by atoms with Crippen LogP contribution in [0.4, 0.5) is 10.6 Å². The Balaban J connectivity index is 1.72. The van der Waals surface area contributed by atoms with Gasteiger partial charge in [-0.3, -0.25) is 4.90 Å². The molecule has 5 nitrogen and oxygen atoms in total. The Labute approximate surface area is 162 Å². The maximum Gasteiger partial charge on any atom is 0.330 e. The van der Waals surface area contributed by atoms with E-state index in [1.165, 1.54) is 0 Å². The predicted octanol–water partition coefficient (Wildman–Crippen LogP) is 4.89. The van der Waals surface area contributed by atoms with E-state index in [-0.39, 0.29) is 12.1 Å². The number of fused-ring (bicyclic) bond motifs is 1. The molecule has 1 unspecified atom stereocenters. The molecule has 1 aromatic carbocycles. The van der Waals surface area contributed by atoms with Crippen LogP contribution in [-0.2, 0) is 0 Å². The summed E-state index contributed by atoms with van der Waals surface area (Å²) in [4.78, 5) is 16.6. The molecule has 7 heteroatoms. The van der Waals surface area contributed by atoms with Crippen molar-refractivity contribution in [3.8, 4) is 0 Å². The zero-order valence-electron chi connectivity index (χ0n) is 14.3. The molecule has 3 heterocycles. The fourth-order valence-corrected chi connectivity index (χ4v) is 3.70. The predicted molar refractivity (Wildman–Crippen MR) is 104 cm³/mol. The third-order valence-corrected chi connectivity index (χ3v) is 5.44. The van der Waals surface area contributed by atoms with Crippen molar-refractivity contribution in [2.45, 2.75) is 19.4 Å². The molecule has 1 atom stereocenters. The molecule has 0 aliphatic carbocycles. The summed E-state index contributed by atoms with van der Waals surface area (Å²) in [6, 6.07) is 7.25. The Bertz CT molecular complexity index is 918. The highest BCUT2D eigenvalue weighted by molar-refractivity contribution is 6.42. The first-order valence-electron chi connectivity index (χ1n) is 8.47. The van der Waals surface area contributed by atoms with Gasteiger partial charge in [-0.15, -0.1) is 0 Å². The minimum Gasteiger partial charge on any atom is -0.320 e. The van der Waals surface area contributed by atoms with Crippen LogP contribution in [-0.4, -0.2) is 33.8 Å². The van der Waals surface area contributed by atoms with Crippen molar-refractivity contribution in [1.82, 2.24) is 14.7 Å². The van der Waals surface area contributed by atoms with Crippen LogP contribution in [0.3, 0.4) is 0 Å². The molecular weight excluding hydrogens is 371 g/mol. The molecule has 0 bridgehead atoms. The zero-order chi connectivity index (χ0) is 18.3. The molecular formula is C19H18Cl2N4O. The van der Waals surface area contributed by atoms with Gasteiger partial charge in [-0.1, -0.05) is 41.4 Å². The normalized spacial score (nSPS) is 19.3. The molecule has 134 valence electrons. The summed E-state index contributed by atoms with van der Waals surface area (Å²) in [6.45, 7) is 3.30. The summed E-state index contributed by atoms with van der Waals surface area (Å²) in [6.07, 6.45) is 8.75. The second-order valence-corrected chi connectivity index (χ2v) is 7.20. The van der Waals surface area contributed by atoms with Gasteiger partial charge in [0, 0.05) is 24.9 Å². The molecule has 0 saturated heterocycles. The second kappa shape index (κ2) is 6.82. The van der Waals surface area contributed by atoms with E-state index in [0.29, 0.717) is 16.6 Å². The highest BCUT2D eigenvalue weighted by Crippen LogP contribution is 2.36. The molecule has 0 N–H and O–H groups in total. The van der Waals surface area contributed by atoms with Gasteiger partial charge in [0.05, 0.1) is 22.3 Å². The molecule has 2 aliphatic rings. The minimum absolute atomic E-state index is 0.0301. The largest absolute Gasteiger partial charge is 0.330 e. The van der Waals surface area contributed by atoms with Crippen molar-refractivity contribution in [3.63, 3.8) is 0 Å². The van der Waals surface area contributed by atoms with Crippen LogP contribution in [0.5, 0.6) is 0 Å². The van der Waals surface area contributed by atoms with Crippen LogP contribution >= 0.6 is 23.2 Å². The van der Waals surface area contributed by atoms with Gasteiger partial charge in [-0.25, -0.2) is 9.48 Å². The monoisotopic (exact) mass is 388 g/mol. The first kappa shape index (κ1) is 17.2. The van der Waals surface area contributed by atoms with Crippen LogP contribution in [0.1, 0.15) is 24.9 Å². The van der Waals surface area contributed by atoms with Crippen molar-refractivity contribution in [1.29, 1.82) is 0 Å². The first-order chi connectivity index (χ1) is 12.6. The quantitative estimate of drug-likeness (QED) is 0.652. The van der Waals surface area contributed by atoms with E-state index in [2.05, 4.69) is 11.2 Å². The van der Waals surface area contributed by atoms with Crippen molar-refractivity contribution >= 4 is 35.1 Å². The Hall–Kier alpha value is -2.24. The van der Waals surface area contributed by atoms with Gasteiger partial charge in [-0.2, -0.15) is 5.10 Å². The molecule has 2 aromatic rings. The van der Waals surface area contributed by atoms with E-state index >= 15 is 0 Å². The van der Waals surface area contributed by atoms with E-state index < -0.39 is 0 Å². The maximum atomic E-state index is 13.1. The fourth-order valence-electron chi connectivity index (χ4n) is 3.39. The minimum atomic E-state index is -0.139. The lowest BCUT2D eigenvalue weighted by molar-refractivity contribution is 0.210. The SMILES string of the molecule is CC1=CC(c2ccc(Cl)c(Cl)c2)n2nccc2N1C(=O)N1CC=CCC1. The fraction of sp³-hybridized carbons (Fsp3) is 0.263. The van der Waals surface area contributed by atoms with Gasteiger partial charge in [-0.05, 0) is 37.1 Å². The van der Waals surface area contributed by atoms with Crippen LogP contribution in [0.2, 0.25) is 10.0 Å². The molecule has 0 fully saturated rings.